The van der Waals surface area contributed by atoms with Crippen molar-refractivity contribution in [2.24, 2.45) is 5.10 Å². The van der Waals surface area contributed by atoms with Gasteiger partial charge in [0.05, 0.1) is 25.6 Å². The zero-order valence-corrected chi connectivity index (χ0v) is 14.9. The van der Waals surface area contributed by atoms with Crippen LogP contribution in [0, 0.1) is 0 Å². The molecule has 0 fully saturated rings. The van der Waals surface area contributed by atoms with E-state index in [1.165, 1.54) is 11.3 Å². The lowest BCUT2D eigenvalue weighted by Crippen LogP contribution is -1.91. The average molecular weight is 353 g/mol. The molecular formula is C19H19N3O2S. The third-order valence-corrected chi connectivity index (χ3v) is 4.20. The average Bonchev–Trinajstić information content (AvgIpc) is 3.12. The number of thiazole rings is 1. The first-order chi connectivity index (χ1) is 12.3. The smallest absolute Gasteiger partial charge is 0.203 e. The third-order valence-electron chi connectivity index (χ3n) is 3.45. The summed E-state index contributed by atoms with van der Waals surface area (Å²) in [5.41, 5.74) is 5.91. The van der Waals surface area contributed by atoms with Gasteiger partial charge in [-0.05, 0) is 61.0 Å². The molecule has 0 bridgehead atoms. The normalized spacial score (nSPS) is 10.8. The van der Waals surface area contributed by atoms with Gasteiger partial charge in [0.25, 0.3) is 0 Å². The zero-order chi connectivity index (χ0) is 17.5. The SMILES string of the molecule is CCOc1ccc(-c2csc(N/N=C/c3ccc(OC)cc3)n2)cc1. The standard InChI is InChI=1S/C19H19N3O2S/c1-3-24-17-10-6-15(7-11-17)18-13-25-19(21-18)22-20-12-14-4-8-16(23-2)9-5-14/h4-13H,3H2,1-2H3,(H,21,22)/b20-12+. The first-order valence-electron chi connectivity index (χ1n) is 7.90. The molecule has 0 aliphatic heterocycles. The maximum Gasteiger partial charge on any atom is 0.203 e. The molecule has 0 aliphatic rings. The highest BCUT2D eigenvalue weighted by molar-refractivity contribution is 7.14. The van der Waals surface area contributed by atoms with Crippen LogP contribution >= 0.6 is 11.3 Å². The Morgan fingerprint density at radius 1 is 1.08 bits per heavy atom. The number of hydrogen-bond donors (Lipinski definition) is 1. The van der Waals surface area contributed by atoms with Gasteiger partial charge in [-0.25, -0.2) is 4.98 Å². The van der Waals surface area contributed by atoms with E-state index in [1.807, 2.05) is 60.8 Å². The Bertz CT molecular complexity index is 827. The maximum absolute atomic E-state index is 5.45. The van der Waals surface area contributed by atoms with E-state index in [0.29, 0.717) is 6.61 Å². The molecule has 0 amide bonds. The van der Waals surface area contributed by atoms with E-state index in [9.17, 15) is 0 Å². The fraction of sp³-hybridized carbons (Fsp3) is 0.158. The minimum Gasteiger partial charge on any atom is -0.497 e. The Morgan fingerprint density at radius 2 is 1.80 bits per heavy atom. The molecule has 0 aliphatic carbocycles. The van der Waals surface area contributed by atoms with Crippen LogP contribution in [-0.2, 0) is 0 Å². The topological polar surface area (TPSA) is 55.7 Å². The summed E-state index contributed by atoms with van der Waals surface area (Å²) in [5.74, 6) is 1.69. The van der Waals surface area contributed by atoms with E-state index in [0.717, 1.165) is 33.5 Å². The van der Waals surface area contributed by atoms with Gasteiger partial charge in [-0.15, -0.1) is 11.3 Å². The number of nitrogens with one attached hydrogen (secondary N) is 1. The van der Waals surface area contributed by atoms with Crippen LogP contribution in [0.5, 0.6) is 11.5 Å². The number of methoxy groups -OCH3 is 1. The molecule has 128 valence electrons. The van der Waals surface area contributed by atoms with Gasteiger partial charge in [-0.3, -0.25) is 5.43 Å². The fourth-order valence-corrected chi connectivity index (χ4v) is 2.87. The van der Waals surface area contributed by atoms with Crippen molar-refractivity contribution in [3.63, 3.8) is 0 Å². The van der Waals surface area contributed by atoms with Crippen molar-refractivity contribution in [3.05, 3.63) is 59.5 Å². The Labute approximate surface area is 151 Å². The second-order valence-electron chi connectivity index (χ2n) is 5.14. The molecule has 0 spiro atoms. The zero-order valence-electron chi connectivity index (χ0n) is 14.1. The molecule has 1 aromatic heterocycles. The van der Waals surface area contributed by atoms with Crippen molar-refractivity contribution < 1.29 is 9.47 Å². The third kappa shape index (κ3) is 4.58. The van der Waals surface area contributed by atoms with Gasteiger partial charge in [0, 0.05) is 10.9 Å². The van der Waals surface area contributed by atoms with Crippen molar-refractivity contribution in [1.82, 2.24) is 4.98 Å². The highest BCUT2D eigenvalue weighted by atomic mass is 32.1. The second-order valence-corrected chi connectivity index (χ2v) is 6.00. The van der Waals surface area contributed by atoms with E-state index < -0.39 is 0 Å². The van der Waals surface area contributed by atoms with Crippen LogP contribution in [0.25, 0.3) is 11.3 Å². The van der Waals surface area contributed by atoms with Crippen LogP contribution < -0.4 is 14.9 Å². The quantitative estimate of drug-likeness (QED) is 0.496. The molecule has 1 heterocycles. The summed E-state index contributed by atoms with van der Waals surface area (Å²) in [7, 11) is 1.65. The monoisotopic (exact) mass is 353 g/mol. The predicted octanol–water partition coefficient (Wildman–Crippen LogP) is 4.66. The number of benzene rings is 2. The van der Waals surface area contributed by atoms with Gasteiger partial charge in [0.15, 0.2) is 0 Å². The molecule has 0 atom stereocenters. The van der Waals surface area contributed by atoms with E-state index in [-0.39, 0.29) is 0 Å². The Balaban J connectivity index is 1.61. The van der Waals surface area contributed by atoms with Crippen LogP contribution in [0.1, 0.15) is 12.5 Å². The summed E-state index contributed by atoms with van der Waals surface area (Å²) in [4.78, 5) is 4.55. The van der Waals surface area contributed by atoms with Gasteiger partial charge in [-0.2, -0.15) is 5.10 Å². The van der Waals surface area contributed by atoms with Gasteiger partial charge in [-0.1, -0.05) is 0 Å². The first kappa shape index (κ1) is 17.0. The van der Waals surface area contributed by atoms with E-state index >= 15 is 0 Å². The largest absolute Gasteiger partial charge is 0.497 e. The molecular weight excluding hydrogens is 334 g/mol. The van der Waals surface area contributed by atoms with Crippen LogP contribution in [0.15, 0.2) is 59.0 Å². The van der Waals surface area contributed by atoms with Crippen LogP contribution in [0.2, 0.25) is 0 Å². The summed E-state index contributed by atoms with van der Waals surface area (Å²) in [6, 6.07) is 15.6. The molecule has 1 N–H and O–H groups in total. The molecule has 0 radical (unpaired) electrons. The van der Waals surface area contributed by atoms with Crippen molar-refractivity contribution in [1.29, 1.82) is 0 Å². The number of rotatable bonds is 7. The summed E-state index contributed by atoms with van der Waals surface area (Å²) in [6.45, 7) is 2.63. The highest BCUT2D eigenvalue weighted by Crippen LogP contribution is 2.26. The Morgan fingerprint density at radius 3 is 2.48 bits per heavy atom. The summed E-state index contributed by atoms with van der Waals surface area (Å²) in [6.07, 6.45) is 1.75. The molecule has 0 saturated heterocycles. The number of aromatic nitrogens is 1. The van der Waals surface area contributed by atoms with Crippen molar-refractivity contribution in [3.8, 4) is 22.8 Å². The van der Waals surface area contributed by atoms with Crippen molar-refractivity contribution in [2.75, 3.05) is 19.1 Å². The minimum absolute atomic E-state index is 0.663. The van der Waals surface area contributed by atoms with Gasteiger partial charge in [0.2, 0.25) is 5.13 Å². The number of hydrazone groups is 1. The molecule has 0 unspecified atom stereocenters. The summed E-state index contributed by atoms with van der Waals surface area (Å²) in [5, 5.41) is 6.97. The lowest BCUT2D eigenvalue weighted by molar-refractivity contribution is 0.340. The molecule has 6 heteroatoms. The maximum atomic E-state index is 5.45. The summed E-state index contributed by atoms with van der Waals surface area (Å²) < 4.78 is 10.6. The molecule has 0 saturated carbocycles. The minimum atomic E-state index is 0.663. The van der Waals surface area contributed by atoms with Crippen LogP contribution in [0.3, 0.4) is 0 Å². The van der Waals surface area contributed by atoms with Crippen LogP contribution in [0.4, 0.5) is 5.13 Å². The number of anilines is 1. The van der Waals surface area contributed by atoms with E-state index in [1.54, 1.807) is 13.3 Å². The lowest BCUT2D eigenvalue weighted by Gasteiger charge is -2.03. The molecule has 25 heavy (non-hydrogen) atoms. The molecule has 5 nitrogen and oxygen atoms in total. The number of ether oxygens (including phenoxy) is 2. The molecule has 3 aromatic rings. The van der Waals surface area contributed by atoms with Crippen molar-refractivity contribution >= 4 is 22.7 Å². The number of nitrogens with zero attached hydrogens (tertiary/aromatic N) is 2. The van der Waals surface area contributed by atoms with Gasteiger partial charge < -0.3 is 9.47 Å². The van der Waals surface area contributed by atoms with E-state index in [2.05, 4.69) is 15.5 Å². The molecule has 3 rings (SSSR count). The lowest BCUT2D eigenvalue weighted by atomic mass is 10.2. The summed E-state index contributed by atoms with van der Waals surface area (Å²) >= 11 is 1.51. The second kappa shape index (κ2) is 8.30. The highest BCUT2D eigenvalue weighted by Gasteiger charge is 2.04. The van der Waals surface area contributed by atoms with Crippen LogP contribution in [-0.4, -0.2) is 24.9 Å². The van der Waals surface area contributed by atoms with Crippen molar-refractivity contribution in [2.45, 2.75) is 6.92 Å². The Kier molecular flexibility index (Phi) is 5.64. The van der Waals surface area contributed by atoms with Gasteiger partial charge in [0.1, 0.15) is 11.5 Å². The van der Waals surface area contributed by atoms with Gasteiger partial charge >= 0.3 is 0 Å². The fourth-order valence-electron chi connectivity index (χ4n) is 2.20. The number of hydrogen-bond acceptors (Lipinski definition) is 6. The van der Waals surface area contributed by atoms with E-state index in [4.69, 9.17) is 9.47 Å². The predicted molar refractivity (Wildman–Crippen MR) is 103 cm³/mol. The Hall–Kier alpha value is -2.86. The molecule has 2 aromatic carbocycles. The first-order valence-corrected chi connectivity index (χ1v) is 8.78.